The fourth-order valence-electron chi connectivity index (χ4n) is 3.80. The lowest BCUT2D eigenvalue weighted by atomic mass is 9.97. The molecule has 0 saturated carbocycles. The van der Waals surface area contributed by atoms with Crippen molar-refractivity contribution in [3.05, 3.63) is 44.1 Å². The van der Waals surface area contributed by atoms with Crippen molar-refractivity contribution in [3.63, 3.8) is 0 Å². The Bertz CT molecular complexity index is 1150. The molecule has 1 aromatic carbocycles. The predicted molar refractivity (Wildman–Crippen MR) is 115 cm³/mol. The van der Waals surface area contributed by atoms with Crippen molar-refractivity contribution in [2.24, 2.45) is 0 Å². The molecule has 0 aliphatic carbocycles. The second-order valence-corrected chi connectivity index (χ2v) is 7.90. The number of hydrogen-bond donors (Lipinski definition) is 1. The number of hydrogen-bond acceptors (Lipinski definition) is 6. The Morgan fingerprint density at radius 3 is 2.57 bits per heavy atom. The van der Waals surface area contributed by atoms with Gasteiger partial charge in [0.2, 0.25) is 0 Å². The highest BCUT2D eigenvalue weighted by atomic mass is 16.5. The molecule has 0 saturated heterocycles. The Morgan fingerprint density at radius 1 is 1.13 bits per heavy atom. The number of fused-ring (bicyclic) bond motifs is 2. The van der Waals surface area contributed by atoms with Gasteiger partial charge in [-0.05, 0) is 48.9 Å². The minimum atomic E-state index is -0.670. The van der Waals surface area contributed by atoms with Gasteiger partial charge in [-0.1, -0.05) is 26.7 Å². The van der Waals surface area contributed by atoms with Gasteiger partial charge in [0.15, 0.2) is 11.5 Å². The number of carbonyl (C=O) groups excluding carboxylic acids is 1. The van der Waals surface area contributed by atoms with Gasteiger partial charge in [0.1, 0.15) is 0 Å². The predicted octanol–water partition coefficient (Wildman–Crippen LogP) is 3.14. The van der Waals surface area contributed by atoms with Crippen LogP contribution in [0.1, 0.15) is 63.0 Å². The fraction of sp³-hybridized carbons (Fsp3) is 0.500. The SMILES string of the molecule is COC(=O)CCCCCCn1c2nc(=O)[nH]c(=O)c-2nc2cc(C)c(C(C)C)cc21. The molecule has 0 fully saturated rings. The van der Waals surface area contributed by atoms with Crippen molar-refractivity contribution in [1.82, 2.24) is 19.5 Å². The van der Waals surface area contributed by atoms with E-state index in [9.17, 15) is 14.4 Å². The number of aryl methyl sites for hydroxylation is 2. The third-order valence-corrected chi connectivity index (χ3v) is 5.36. The number of carbonyl (C=O) groups is 1. The topological polar surface area (TPSA) is 107 Å². The number of aromatic nitrogens is 4. The van der Waals surface area contributed by atoms with Gasteiger partial charge in [-0.15, -0.1) is 0 Å². The summed E-state index contributed by atoms with van der Waals surface area (Å²) in [4.78, 5) is 46.2. The van der Waals surface area contributed by atoms with Crippen molar-refractivity contribution < 1.29 is 9.53 Å². The average molecular weight is 412 g/mol. The first-order valence-electron chi connectivity index (χ1n) is 10.3. The molecule has 2 aliphatic heterocycles. The van der Waals surface area contributed by atoms with Crippen molar-refractivity contribution in [2.75, 3.05) is 7.11 Å². The van der Waals surface area contributed by atoms with Crippen LogP contribution in [0, 0.1) is 6.92 Å². The van der Waals surface area contributed by atoms with Gasteiger partial charge in [-0.25, -0.2) is 9.78 Å². The van der Waals surface area contributed by atoms with Crippen LogP contribution in [-0.4, -0.2) is 32.6 Å². The molecule has 1 aromatic rings. The summed E-state index contributed by atoms with van der Waals surface area (Å²) in [5, 5.41) is 0. The maximum Gasteiger partial charge on any atom is 0.349 e. The summed E-state index contributed by atoms with van der Waals surface area (Å²) in [5.74, 6) is 0.446. The smallest absolute Gasteiger partial charge is 0.349 e. The molecule has 8 nitrogen and oxygen atoms in total. The van der Waals surface area contributed by atoms with E-state index in [1.165, 1.54) is 12.7 Å². The summed E-state index contributed by atoms with van der Waals surface area (Å²) in [6, 6.07) is 4.08. The third-order valence-electron chi connectivity index (χ3n) is 5.36. The fourth-order valence-corrected chi connectivity index (χ4v) is 3.80. The molecule has 0 amide bonds. The number of esters is 1. The maximum atomic E-state index is 12.3. The van der Waals surface area contributed by atoms with Crippen molar-refractivity contribution in [3.8, 4) is 11.5 Å². The van der Waals surface area contributed by atoms with Crippen LogP contribution in [0.4, 0.5) is 0 Å². The molecular weight excluding hydrogens is 384 g/mol. The van der Waals surface area contributed by atoms with Crippen LogP contribution in [0.2, 0.25) is 0 Å². The lowest BCUT2D eigenvalue weighted by Crippen LogP contribution is -2.29. The van der Waals surface area contributed by atoms with Crippen molar-refractivity contribution in [2.45, 2.75) is 65.3 Å². The van der Waals surface area contributed by atoms with Crippen LogP contribution in [-0.2, 0) is 16.1 Å². The van der Waals surface area contributed by atoms with E-state index in [4.69, 9.17) is 0 Å². The third kappa shape index (κ3) is 4.58. The van der Waals surface area contributed by atoms with Gasteiger partial charge < -0.3 is 9.30 Å². The summed E-state index contributed by atoms with van der Waals surface area (Å²) < 4.78 is 6.60. The average Bonchev–Trinajstić information content (AvgIpc) is 2.69. The number of aromatic amines is 1. The quantitative estimate of drug-likeness (QED) is 0.346. The van der Waals surface area contributed by atoms with Crippen molar-refractivity contribution in [1.29, 1.82) is 0 Å². The zero-order chi connectivity index (χ0) is 21.8. The highest BCUT2D eigenvalue weighted by molar-refractivity contribution is 5.81. The van der Waals surface area contributed by atoms with Crippen LogP contribution in [0.3, 0.4) is 0 Å². The number of nitrogens with one attached hydrogen (secondary N) is 1. The van der Waals surface area contributed by atoms with Gasteiger partial charge in [0, 0.05) is 13.0 Å². The van der Waals surface area contributed by atoms with Gasteiger partial charge in [-0.3, -0.25) is 14.6 Å². The second-order valence-electron chi connectivity index (χ2n) is 7.90. The molecule has 0 bridgehead atoms. The summed E-state index contributed by atoms with van der Waals surface area (Å²) >= 11 is 0. The van der Waals surface area contributed by atoms with E-state index in [1.807, 2.05) is 17.6 Å². The highest BCUT2D eigenvalue weighted by Crippen LogP contribution is 2.28. The van der Waals surface area contributed by atoms with Gasteiger partial charge in [0.05, 0.1) is 18.1 Å². The molecule has 1 N–H and O–H groups in total. The molecule has 0 atom stereocenters. The number of nitrogens with zero attached hydrogens (tertiary/aromatic N) is 3. The van der Waals surface area contributed by atoms with E-state index in [0.29, 0.717) is 30.2 Å². The molecular formula is C22H28N4O4. The van der Waals surface area contributed by atoms with E-state index >= 15 is 0 Å². The van der Waals surface area contributed by atoms with Crippen LogP contribution in [0.25, 0.3) is 22.6 Å². The Balaban J connectivity index is 1.98. The Labute approximate surface area is 174 Å². The molecule has 0 spiro atoms. The number of ether oxygens (including phenoxy) is 1. The molecule has 0 unspecified atom stereocenters. The van der Waals surface area contributed by atoms with Gasteiger partial charge in [0.25, 0.3) is 5.56 Å². The monoisotopic (exact) mass is 412 g/mol. The van der Waals surface area contributed by atoms with E-state index < -0.39 is 11.2 Å². The molecule has 160 valence electrons. The molecule has 8 heteroatoms. The van der Waals surface area contributed by atoms with E-state index in [-0.39, 0.29) is 11.7 Å². The van der Waals surface area contributed by atoms with Crippen LogP contribution < -0.4 is 11.2 Å². The number of H-pyrrole nitrogens is 1. The summed E-state index contributed by atoms with van der Waals surface area (Å²) in [6.45, 7) is 6.90. The van der Waals surface area contributed by atoms with Crippen LogP contribution >= 0.6 is 0 Å². The van der Waals surface area contributed by atoms with E-state index in [0.717, 1.165) is 36.8 Å². The summed E-state index contributed by atoms with van der Waals surface area (Å²) in [6.07, 6.45) is 3.82. The molecule has 30 heavy (non-hydrogen) atoms. The molecule has 2 aliphatic rings. The normalized spacial score (nSPS) is 11.5. The zero-order valence-electron chi connectivity index (χ0n) is 17.9. The second kappa shape index (κ2) is 9.19. The van der Waals surface area contributed by atoms with Gasteiger partial charge >= 0.3 is 11.7 Å². The Morgan fingerprint density at radius 2 is 1.87 bits per heavy atom. The van der Waals surface area contributed by atoms with Crippen molar-refractivity contribution >= 4 is 17.0 Å². The van der Waals surface area contributed by atoms with Crippen LogP contribution in [0.15, 0.2) is 21.7 Å². The standard InChI is InChI=1S/C22H28N4O4/c1-13(2)15-12-17-16(11-14(15)3)23-19-20(24-22(29)25-21(19)28)26(17)10-8-6-5-7-9-18(27)30-4/h11-13H,5-10H2,1-4H3,(H,25,28,29). The largest absolute Gasteiger partial charge is 0.469 e. The highest BCUT2D eigenvalue weighted by Gasteiger charge is 2.19. The molecule has 0 aromatic heterocycles. The number of unbranched alkanes of at least 4 members (excludes halogenated alkanes) is 3. The van der Waals surface area contributed by atoms with E-state index in [1.54, 1.807) is 0 Å². The number of methoxy groups -OCH3 is 1. The number of benzene rings is 1. The minimum absolute atomic E-state index is 0.171. The van der Waals surface area contributed by atoms with E-state index in [2.05, 4.69) is 39.6 Å². The maximum absolute atomic E-state index is 12.3. The summed E-state index contributed by atoms with van der Waals surface area (Å²) in [7, 11) is 1.39. The first-order chi connectivity index (χ1) is 14.3. The van der Waals surface area contributed by atoms with Crippen LogP contribution in [0.5, 0.6) is 0 Å². The first kappa shape index (κ1) is 21.7. The molecule has 3 rings (SSSR count). The zero-order valence-corrected chi connectivity index (χ0v) is 17.9. The Hall–Kier alpha value is -3.03. The lowest BCUT2D eigenvalue weighted by molar-refractivity contribution is -0.140. The minimum Gasteiger partial charge on any atom is -0.469 e. The lowest BCUT2D eigenvalue weighted by Gasteiger charge is -2.19. The molecule has 2 heterocycles. The molecule has 0 radical (unpaired) electrons. The first-order valence-corrected chi connectivity index (χ1v) is 10.3. The number of rotatable bonds is 8. The summed E-state index contributed by atoms with van der Waals surface area (Å²) in [5.41, 5.74) is 2.86. The van der Waals surface area contributed by atoms with Gasteiger partial charge in [-0.2, -0.15) is 4.98 Å². The Kier molecular flexibility index (Phi) is 6.64.